The van der Waals surface area contributed by atoms with Gasteiger partial charge in [0.2, 0.25) is 0 Å². The van der Waals surface area contributed by atoms with Crippen LogP contribution in [0.2, 0.25) is 0 Å². The lowest BCUT2D eigenvalue weighted by atomic mass is 9.76. The molecule has 0 aliphatic heterocycles. The average molecular weight is 903 g/mol. The lowest BCUT2D eigenvalue weighted by molar-refractivity contribution is -0.599. The molecule has 3 heterocycles. The minimum atomic E-state index is -0.390. The van der Waals surface area contributed by atoms with E-state index in [1.807, 2.05) is 6.20 Å². The Bertz CT molecular complexity index is 3470. The molecule has 0 bridgehead atoms. The Morgan fingerprint density at radius 3 is 1.81 bits per heavy atom. The Morgan fingerprint density at radius 2 is 1.13 bits per heavy atom. The number of ether oxygens (including phenoxy) is 1. The smallest absolute Gasteiger partial charge is 0.269 e. The number of nitrogens with zero attached hydrogens (tertiary/aromatic N) is 4. The summed E-state index contributed by atoms with van der Waals surface area (Å²) < 4.78 is 13.8. The molecule has 0 saturated heterocycles. The van der Waals surface area contributed by atoms with E-state index in [1.165, 1.54) is 49.7 Å². The van der Waals surface area contributed by atoms with Gasteiger partial charge in [-0.3, -0.25) is 13.7 Å². The van der Waals surface area contributed by atoms with Crippen LogP contribution in [0.25, 0.3) is 50.1 Å². The van der Waals surface area contributed by atoms with Gasteiger partial charge in [-0.1, -0.05) is 191 Å². The molecule has 69 heavy (non-hydrogen) atoms. The van der Waals surface area contributed by atoms with E-state index in [0.29, 0.717) is 0 Å². The van der Waals surface area contributed by atoms with Gasteiger partial charge in [-0.15, -0.1) is 0 Å². The highest BCUT2D eigenvalue weighted by atomic mass is 16.5. The second kappa shape index (κ2) is 17.2. The molecule has 0 aliphatic rings. The maximum absolute atomic E-state index is 7.14. The molecule has 7 aromatic carbocycles. The number of aromatic nitrogens is 4. The first-order valence-electron chi connectivity index (χ1n) is 24.2. The summed E-state index contributed by atoms with van der Waals surface area (Å²) in [6, 6.07) is 65.1. The number of rotatable bonds is 10. The number of pyridine rings is 1. The first kappa shape index (κ1) is 45.3. The van der Waals surface area contributed by atoms with Gasteiger partial charge in [0.1, 0.15) is 17.3 Å². The molecule has 344 valence electrons. The van der Waals surface area contributed by atoms with Gasteiger partial charge in [-0.05, 0) is 104 Å². The van der Waals surface area contributed by atoms with Crippen LogP contribution in [-0.4, -0.2) is 14.1 Å². The highest BCUT2D eigenvalue weighted by Crippen LogP contribution is 2.45. The number of imidazole rings is 1. The molecular weight excluding hydrogens is 841 g/mol. The fourth-order valence-electron chi connectivity index (χ4n) is 9.83. The van der Waals surface area contributed by atoms with Gasteiger partial charge in [-0.2, -0.15) is 0 Å². The Kier molecular flexibility index (Phi) is 11.3. The van der Waals surface area contributed by atoms with Gasteiger partial charge in [-0.25, -0.2) is 4.98 Å². The molecule has 0 fully saturated rings. The van der Waals surface area contributed by atoms with Gasteiger partial charge in [0.25, 0.3) is 6.33 Å². The van der Waals surface area contributed by atoms with Crippen LogP contribution in [0.5, 0.6) is 11.5 Å². The maximum atomic E-state index is 7.14. The third-order valence-corrected chi connectivity index (χ3v) is 14.1. The lowest BCUT2D eigenvalue weighted by Crippen LogP contribution is -2.29. The van der Waals surface area contributed by atoms with Gasteiger partial charge in [0.15, 0.2) is 0 Å². The molecule has 5 nitrogen and oxygen atoms in total. The van der Waals surface area contributed by atoms with Crippen LogP contribution < -0.4 is 9.30 Å². The van der Waals surface area contributed by atoms with E-state index in [0.717, 1.165) is 45.4 Å². The molecule has 0 amide bonds. The summed E-state index contributed by atoms with van der Waals surface area (Å²) in [6.45, 7) is 22.8. The number of fused-ring (bicyclic) bond motifs is 3. The molecule has 0 unspecified atom stereocenters. The van der Waals surface area contributed by atoms with Crippen molar-refractivity contribution in [1.29, 1.82) is 0 Å². The minimum Gasteiger partial charge on any atom is -0.458 e. The summed E-state index contributed by atoms with van der Waals surface area (Å²) in [7, 11) is 0. The van der Waals surface area contributed by atoms with E-state index < -0.39 is 5.41 Å². The minimum absolute atomic E-state index is 0.0512. The normalized spacial score (nSPS) is 12.5. The van der Waals surface area contributed by atoms with Crippen LogP contribution in [0, 0.1) is 6.33 Å². The average Bonchev–Trinajstić information content (AvgIpc) is 3.95. The van der Waals surface area contributed by atoms with Gasteiger partial charge >= 0.3 is 0 Å². The van der Waals surface area contributed by atoms with E-state index in [4.69, 9.17) is 9.72 Å². The summed E-state index contributed by atoms with van der Waals surface area (Å²) in [5.74, 6) is 2.35. The zero-order valence-electron chi connectivity index (χ0n) is 41.7. The molecule has 0 saturated carbocycles. The van der Waals surface area contributed by atoms with E-state index in [9.17, 15) is 0 Å². The van der Waals surface area contributed by atoms with Crippen molar-refractivity contribution in [2.24, 2.45) is 0 Å². The third kappa shape index (κ3) is 8.56. The molecule has 3 aromatic heterocycles. The summed E-state index contributed by atoms with van der Waals surface area (Å²) in [5.41, 5.74) is 12.8. The monoisotopic (exact) mass is 902 g/mol. The summed E-state index contributed by atoms with van der Waals surface area (Å²) in [6.07, 6.45) is 8.03. The molecular formula is C64H62N4O. The van der Waals surface area contributed by atoms with E-state index in [1.54, 1.807) is 0 Å². The first-order chi connectivity index (χ1) is 33.0. The fraction of sp³-hybridized carbons (Fsp3) is 0.219. The van der Waals surface area contributed by atoms with Crippen LogP contribution in [0.15, 0.2) is 194 Å². The van der Waals surface area contributed by atoms with Crippen molar-refractivity contribution >= 4 is 21.8 Å². The Balaban J connectivity index is 1.15. The van der Waals surface area contributed by atoms with E-state index in [-0.39, 0.29) is 16.2 Å². The fourth-order valence-corrected chi connectivity index (χ4v) is 9.83. The molecule has 0 atom stereocenters. The molecule has 10 rings (SSSR count). The van der Waals surface area contributed by atoms with Crippen LogP contribution in [0.4, 0.5) is 0 Å². The van der Waals surface area contributed by atoms with Crippen LogP contribution >= 0.6 is 0 Å². The molecule has 10 aromatic rings. The zero-order valence-corrected chi connectivity index (χ0v) is 41.7. The maximum Gasteiger partial charge on any atom is 0.269 e. The highest BCUT2D eigenvalue weighted by Gasteiger charge is 2.31. The summed E-state index contributed by atoms with van der Waals surface area (Å²) in [5, 5.41) is 2.37. The Labute approximate surface area is 408 Å². The standard InChI is InChI=1S/C64H62N4O/c1-61(2,3)48-33-34-65-59(38-48)68-56-32-21-20-31-54(56)60-55(63(7,8)46-25-16-12-17-26-46)40-53(41-57(60)68)69-52-30-22-29-50(39-52)67-43-66(42-58(67)64(9,10)47-27-18-13-19-28-47)51-36-45(44-23-14-11-15-24-44)35-49(37-51)62(4,5)6/h11-42H,1-10H3. The third-order valence-electron chi connectivity index (χ3n) is 14.1. The molecule has 0 spiro atoms. The zero-order chi connectivity index (χ0) is 48.3. The Morgan fingerprint density at radius 1 is 0.493 bits per heavy atom. The van der Waals surface area contributed by atoms with Crippen molar-refractivity contribution in [2.45, 2.75) is 90.9 Å². The number of hydrogen-bond donors (Lipinski definition) is 0. The van der Waals surface area contributed by atoms with Crippen LogP contribution in [-0.2, 0) is 21.7 Å². The summed E-state index contributed by atoms with van der Waals surface area (Å²) >= 11 is 0. The largest absolute Gasteiger partial charge is 0.458 e. The van der Waals surface area contributed by atoms with Crippen molar-refractivity contribution in [3.8, 4) is 39.8 Å². The second-order valence-corrected chi connectivity index (χ2v) is 21.7. The second-order valence-electron chi connectivity index (χ2n) is 21.7. The van der Waals surface area contributed by atoms with E-state index in [2.05, 4.69) is 277 Å². The van der Waals surface area contributed by atoms with Gasteiger partial charge in [0, 0.05) is 40.1 Å². The van der Waals surface area contributed by atoms with Crippen molar-refractivity contribution < 1.29 is 9.30 Å². The number of para-hydroxylation sites is 1. The predicted octanol–water partition coefficient (Wildman–Crippen LogP) is 15.8. The lowest BCUT2D eigenvalue weighted by Gasteiger charge is -2.28. The molecule has 0 aliphatic carbocycles. The molecule has 0 radical (unpaired) electrons. The Hall–Kier alpha value is -7.50. The predicted molar refractivity (Wildman–Crippen MR) is 285 cm³/mol. The van der Waals surface area contributed by atoms with Crippen molar-refractivity contribution in [3.05, 3.63) is 234 Å². The quantitative estimate of drug-likeness (QED) is 0.101. The van der Waals surface area contributed by atoms with Gasteiger partial charge in [0.05, 0.1) is 28.1 Å². The number of benzene rings is 7. The first-order valence-corrected chi connectivity index (χ1v) is 24.2. The van der Waals surface area contributed by atoms with Crippen molar-refractivity contribution in [3.63, 3.8) is 0 Å². The van der Waals surface area contributed by atoms with Crippen LogP contribution in [0.3, 0.4) is 0 Å². The van der Waals surface area contributed by atoms with Crippen molar-refractivity contribution in [2.75, 3.05) is 0 Å². The summed E-state index contributed by atoms with van der Waals surface area (Å²) in [4.78, 5) is 5.03. The highest BCUT2D eigenvalue weighted by molar-refractivity contribution is 6.11. The van der Waals surface area contributed by atoms with Gasteiger partial charge < -0.3 is 4.74 Å². The van der Waals surface area contributed by atoms with Crippen molar-refractivity contribution in [1.82, 2.24) is 14.1 Å². The molecule has 5 heteroatoms. The van der Waals surface area contributed by atoms with Crippen LogP contribution in [0.1, 0.15) is 103 Å². The van der Waals surface area contributed by atoms with E-state index >= 15 is 0 Å². The SMILES string of the molecule is CC(C)(C)c1cc(-c2ccccc2)cc(-[n+]2[c-]n(-c3cccc(Oc4cc(C(C)(C)c5ccccc5)c5c6ccccc6n(-c6cc(C(C)(C)C)ccn6)c5c4)c3)c(C(C)(C)c3ccccc3)c2)c1. The topological polar surface area (TPSA) is 35.9 Å². The number of hydrogen-bond acceptors (Lipinski definition) is 2. The molecule has 0 N–H and O–H groups in total.